The summed E-state index contributed by atoms with van der Waals surface area (Å²) in [5.41, 5.74) is 1.47. The van der Waals surface area contributed by atoms with Gasteiger partial charge >= 0.3 is 5.97 Å². The van der Waals surface area contributed by atoms with Crippen molar-refractivity contribution >= 4 is 28.8 Å². The highest BCUT2D eigenvalue weighted by Crippen LogP contribution is 2.18. The molecule has 6 heteroatoms. The molecule has 0 fully saturated rings. The molecule has 0 spiro atoms. The minimum atomic E-state index is -0.948. The fourth-order valence-electron chi connectivity index (χ4n) is 1.65. The van der Waals surface area contributed by atoms with Gasteiger partial charge < -0.3 is 5.11 Å². The van der Waals surface area contributed by atoms with E-state index in [1.165, 1.54) is 0 Å². The van der Waals surface area contributed by atoms with E-state index in [9.17, 15) is 4.79 Å². The monoisotopic (exact) mass is 251 g/mol. The molecule has 90 valence electrons. The molecular weight excluding hydrogens is 238 g/mol. The molecule has 2 rings (SSSR count). The van der Waals surface area contributed by atoms with E-state index in [1.54, 1.807) is 34.6 Å². The summed E-state index contributed by atoms with van der Waals surface area (Å²) in [5.74, 6) is -0.948. The summed E-state index contributed by atoms with van der Waals surface area (Å²) in [6.07, 6.45) is 2.02. The van der Waals surface area contributed by atoms with Crippen molar-refractivity contribution in [3.05, 3.63) is 23.8 Å². The van der Waals surface area contributed by atoms with E-state index in [4.69, 9.17) is 5.11 Å². The van der Waals surface area contributed by atoms with Crippen LogP contribution in [0.25, 0.3) is 11.0 Å². The Labute approximate surface area is 103 Å². The topological polar surface area (TPSA) is 68.0 Å². The van der Waals surface area contributed by atoms with Crippen molar-refractivity contribution in [3.8, 4) is 0 Å². The summed E-state index contributed by atoms with van der Waals surface area (Å²) in [4.78, 5) is 11.1. The smallest absolute Gasteiger partial charge is 0.337 e. The van der Waals surface area contributed by atoms with Crippen molar-refractivity contribution in [2.24, 2.45) is 0 Å². The fourth-order valence-corrected chi connectivity index (χ4v) is 1.94. The molecule has 5 nitrogen and oxygen atoms in total. The summed E-state index contributed by atoms with van der Waals surface area (Å²) in [6.45, 7) is 2.73. The number of benzene rings is 1. The lowest BCUT2D eigenvalue weighted by molar-refractivity contribution is 0.0698. The highest BCUT2D eigenvalue weighted by molar-refractivity contribution is 7.99. The maximum atomic E-state index is 11.1. The van der Waals surface area contributed by atoms with Crippen molar-refractivity contribution in [2.75, 3.05) is 6.26 Å². The molecule has 0 aliphatic rings. The molecule has 0 aliphatic carbocycles. The lowest BCUT2D eigenvalue weighted by atomic mass is 10.2. The van der Waals surface area contributed by atoms with E-state index in [2.05, 4.69) is 17.2 Å². The van der Waals surface area contributed by atoms with Crippen LogP contribution in [-0.2, 0) is 6.54 Å². The molecule has 1 aromatic heterocycles. The Kier molecular flexibility index (Phi) is 3.33. The van der Waals surface area contributed by atoms with Crippen molar-refractivity contribution in [3.63, 3.8) is 0 Å². The number of thioether (sulfide) groups is 1. The Balaban J connectivity index is 2.53. The summed E-state index contributed by atoms with van der Waals surface area (Å²) >= 11 is 1.71. The van der Waals surface area contributed by atoms with Gasteiger partial charge in [-0.15, -0.1) is 5.10 Å². The third-order valence-electron chi connectivity index (χ3n) is 2.60. The van der Waals surface area contributed by atoms with Gasteiger partial charge in [0, 0.05) is 5.25 Å². The molecule has 0 bridgehead atoms. The number of hydrogen-bond acceptors (Lipinski definition) is 4. The summed E-state index contributed by atoms with van der Waals surface area (Å²) in [5, 5.41) is 17.5. The van der Waals surface area contributed by atoms with Gasteiger partial charge in [-0.05, 0) is 18.4 Å². The molecule has 1 unspecified atom stereocenters. The lowest BCUT2D eigenvalue weighted by Crippen LogP contribution is -2.12. The third-order valence-corrected chi connectivity index (χ3v) is 3.55. The first kappa shape index (κ1) is 11.9. The number of aromatic carboxylic acids is 1. The summed E-state index contributed by atoms with van der Waals surface area (Å²) in [7, 11) is 0. The van der Waals surface area contributed by atoms with Gasteiger partial charge in [-0.2, -0.15) is 11.8 Å². The van der Waals surface area contributed by atoms with Gasteiger partial charge in [-0.3, -0.25) is 0 Å². The standard InChI is InChI=1S/C11H13N3O2S/c1-7(17-2)6-14-10-8(11(15)16)4-3-5-9(10)12-13-14/h3-5,7H,6H2,1-2H3,(H,15,16). The van der Waals surface area contributed by atoms with Crippen molar-refractivity contribution in [1.82, 2.24) is 15.0 Å². The zero-order valence-corrected chi connectivity index (χ0v) is 10.4. The number of para-hydroxylation sites is 1. The first-order valence-corrected chi connectivity index (χ1v) is 6.50. The van der Waals surface area contributed by atoms with Crippen LogP contribution < -0.4 is 0 Å². The van der Waals surface area contributed by atoms with Crippen LogP contribution in [0.2, 0.25) is 0 Å². The Morgan fingerprint density at radius 1 is 1.59 bits per heavy atom. The number of carboxylic acids is 1. The average molecular weight is 251 g/mol. The van der Waals surface area contributed by atoms with E-state index < -0.39 is 5.97 Å². The van der Waals surface area contributed by atoms with Crippen LogP contribution in [-0.4, -0.2) is 37.6 Å². The van der Waals surface area contributed by atoms with Gasteiger partial charge in [0.25, 0.3) is 0 Å². The van der Waals surface area contributed by atoms with E-state index in [0.29, 0.717) is 22.8 Å². The van der Waals surface area contributed by atoms with Gasteiger partial charge in [0.15, 0.2) is 0 Å². The van der Waals surface area contributed by atoms with Crippen molar-refractivity contribution in [1.29, 1.82) is 0 Å². The van der Waals surface area contributed by atoms with E-state index in [0.717, 1.165) is 0 Å². The zero-order valence-electron chi connectivity index (χ0n) is 9.62. The Morgan fingerprint density at radius 3 is 3.00 bits per heavy atom. The van der Waals surface area contributed by atoms with Crippen LogP contribution >= 0.6 is 11.8 Å². The maximum Gasteiger partial charge on any atom is 0.337 e. The molecule has 1 N–H and O–H groups in total. The van der Waals surface area contributed by atoms with E-state index in [1.807, 2.05) is 6.26 Å². The molecule has 1 heterocycles. The van der Waals surface area contributed by atoms with Crippen LogP contribution in [0.4, 0.5) is 0 Å². The van der Waals surface area contributed by atoms with Gasteiger partial charge in [-0.25, -0.2) is 9.48 Å². The second-order valence-electron chi connectivity index (χ2n) is 3.80. The molecule has 0 amide bonds. The van der Waals surface area contributed by atoms with Gasteiger partial charge in [-0.1, -0.05) is 18.2 Å². The van der Waals surface area contributed by atoms with Crippen LogP contribution in [0.5, 0.6) is 0 Å². The Bertz CT molecular complexity index is 553. The second-order valence-corrected chi connectivity index (χ2v) is 5.07. The number of carboxylic acid groups (broad SMARTS) is 1. The molecule has 1 atom stereocenters. The van der Waals surface area contributed by atoms with Crippen molar-refractivity contribution < 1.29 is 9.90 Å². The van der Waals surface area contributed by atoms with Gasteiger partial charge in [0.2, 0.25) is 0 Å². The number of rotatable bonds is 4. The average Bonchev–Trinajstić information content (AvgIpc) is 2.72. The fraction of sp³-hybridized carbons (Fsp3) is 0.364. The largest absolute Gasteiger partial charge is 0.478 e. The quantitative estimate of drug-likeness (QED) is 0.898. The molecule has 17 heavy (non-hydrogen) atoms. The van der Waals surface area contributed by atoms with E-state index in [-0.39, 0.29) is 5.56 Å². The maximum absolute atomic E-state index is 11.1. The first-order chi connectivity index (χ1) is 8.13. The molecule has 2 aromatic rings. The minimum absolute atomic E-state index is 0.251. The Hall–Kier alpha value is -1.56. The van der Waals surface area contributed by atoms with Crippen molar-refractivity contribution in [2.45, 2.75) is 18.7 Å². The van der Waals surface area contributed by atoms with Crippen LogP contribution in [0.15, 0.2) is 18.2 Å². The highest BCUT2D eigenvalue weighted by atomic mass is 32.2. The number of hydrogen-bond donors (Lipinski definition) is 1. The van der Waals surface area contributed by atoms with Crippen LogP contribution in [0.1, 0.15) is 17.3 Å². The zero-order chi connectivity index (χ0) is 12.4. The Morgan fingerprint density at radius 2 is 2.35 bits per heavy atom. The normalized spacial score (nSPS) is 12.8. The molecule has 0 radical (unpaired) electrons. The summed E-state index contributed by atoms with van der Waals surface area (Å²) in [6, 6.07) is 5.03. The van der Waals surface area contributed by atoms with Crippen LogP contribution in [0, 0.1) is 0 Å². The minimum Gasteiger partial charge on any atom is -0.478 e. The van der Waals surface area contributed by atoms with Crippen LogP contribution in [0.3, 0.4) is 0 Å². The third kappa shape index (κ3) is 2.26. The number of nitrogens with zero attached hydrogens (tertiary/aromatic N) is 3. The molecule has 1 aromatic carbocycles. The number of aromatic nitrogens is 3. The molecule has 0 saturated heterocycles. The summed E-state index contributed by atoms with van der Waals surface area (Å²) < 4.78 is 1.67. The lowest BCUT2D eigenvalue weighted by Gasteiger charge is -2.09. The van der Waals surface area contributed by atoms with Gasteiger partial charge in [0.1, 0.15) is 11.0 Å². The number of carbonyl (C=O) groups is 1. The molecule has 0 aliphatic heterocycles. The van der Waals surface area contributed by atoms with E-state index >= 15 is 0 Å². The first-order valence-electron chi connectivity index (χ1n) is 5.21. The SMILES string of the molecule is CSC(C)Cn1nnc2cccc(C(=O)O)c21. The molecular formula is C11H13N3O2S. The van der Waals surface area contributed by atoms with Gasteiger partial charge in [0.05, 0.1) is 12.1 Å². The predicted octanol–water partition coefficient (Wildman–Crippen LogP) is 1.88. The predicted molar refractivity (Wildman–Crippen MR) is 67.5 cm³/mol. The number of fused-ring (bicyclic) bond motifs is 1. The second kappa shape index (κ2) is 4.75. The highest BCUT2D eigenvalue weighted by Gasteiger charge is 2.15. The molecule has 0 saturated carbocycles.